The van der Waals surface area contributed by atoms with E-state index in [2.05, 4.69) is 0 Å². The largest absolute Gasteiger partial charge is 0.481 e. The van der Waals surface area contributed by atoms with Crippen molar-refractivity contribution in [3.63, 3.8) is 0 Å². The molecule has 0 bridgehead atoms. The molecule has 0 saturated carbocycles. The molecule has 1 atom stereocenters. The van der Waals surface area contributed by atoms with Gasteiger partial charge < -0.3 is 14.7 Å². The van der Waals surface area contributed by atoms with Crippen molar-refractivity contribution < 1.29 is 19.4 Å². The van der Waals surface area contributed by atoms with Gasteiger partial charge in [0.25, 0.3) is 0 Å². The van der Waals surface area contributed by atoms with Crippen LogP contribution in [-0.2, 0) is 14.3 Å². The molecule has 1 N–H and O–H groups in total. The summed E-state index contributed by atoms with van der Waals surface area (Å²) in [5.74, 6) is -0.807. The average Bonchev–Trinajstić information content (AvgIpc) is 2.42. The van der Waals surface area contributed by atoms with E-state index in [0.717, 1.165) is 6.42 Å². The highest BCUT2D eigenvalue weighted by Crippen LogP contribution is 2.32. The van der Waals surface area contributed by atoms with E-state index >= 15 is 0 Å². The summed E-state index contributed by atoms with van der Waals surface area (Å²) in [5.41, 5.74) is -0.820. The van der Waals surface area contributed by atoms with Crippen molar-refractivity contribution in [1.82, 2.24) is 4.90 Å². The van der Waals surface area contributed by atoms with Crippen molar-refractivity contribution in [3.8, 4) is 0 Å². The van der Waals surface area contributed by atoms with Crippen LogP contribution in [0.2, 0.25) is 0 Å². The van der Waals surface area contributed by atoms with E-state index in [-0.39, 0.29) is 12.5 Å². The van der Waals surface area contributed by atoms with Gasteiger partial charge in [0.1, 0.15) is 0 Å². The second-order valence-corrected chi connectivity index (χ2v) is 4.38. The molecule has 0 aromatic heterocycles. The molecular weight excluding hydrogens is 210 g/mol. The first-order valence-electron chi connectivity index (χ1n) is 5.50. The SMILES string of the molecule is COCC1(C(=O)O)CCCN(C(C)=O)CC1. The summed E-state index contributed by atoms with van der Waals surface area (Å²) < 4.78 is 5.01. The zero-order chi connectivity index (χ0) is 12.2. The number of amides is 1. The Kier molecular flexibility index (Phi) is 4.29. The Morgan fingerprint density at radius 3 is 2.56 bits per heavy atom. The molecule has 0 radical (unpaired) electrons. The molecule has 1 amide bonds. The maximum atomic E-state index is 11.3. The van der Waals surface area contributed by atoms with Crippen LogP contribution in [0.4, 0.5) is 0 Å². The van der Waals surface area contributed by atoms with E-state index in [9.17, 15) is 14.7 Å². The molecule has 0 aliphatic carbocycles. The van der Waals surface area contributed by atoms with Crippen LogP contribution in [0, 0.1) is 5.41 Å². The molecule has 16 heavy (non-hydrogen) atoms. The summed E-state index contributed by atoms with van der Waals surface area (Å²) in [6.07, 6.45) is 1.75. The predicted molar refractivity (Wildman–Crippen MR) is 58.0 cm³/mol. The number of carboxylic acids is 1. The Balaban J connectivity index is 2.74. The molecule has 1 fully saturated rings. The van der Waals surface area contributed by atoms with Gasteiger partial charge >= 0.3 is 5.97 Å². The quantitative estimate of drug-likeness (QED) is 0.775. The van der Waals surface area contributed by atoms with E-state index < -0.39 is 11.4 Å². The van der Waals surface area contributed by atoms with Gasteiger partial charge in [-0.2, -0.15) is 0 Å². The number of hydrogen-bond donors (Lipinski definition) is 1. The van der Waals surface area contributed by atoms with Crippen molar-refractivity contribution in [2.75, 3.05) is 26.8 Å². The van der Waals surface area contributed by atoms with Gasteiger partial charge in [0.15, 0.2) is 0 Å². The molecule has 5 heteroatoms. The normalized spacial score (nSPS) is 26.2. The maximum absolute atomic E-state index is 11.3. The lowest BCUT2D eigenvalue weighted by atomic mass is 9.81. The highest BCUT2D eigenvalue weighted by atomic mass is 16.5. The molecule has 1 saturated heterocycles. The Bertz CT molecular complexity index is 279. The Hall–Kier alpha value is -1.10. The summed E-state index contributed by atoms with van der Waals surface area (Å²) in [6, 6.07) is 0. The number of likely N-dealkylation sites (tertiary alicyclic amines) is 1. The highest BCUT2D eigenvalue weighted by molar-refractivity contribution is 5.76. The van der Waals surface area contributed by atoms with E-state index in [1.165, 1.54) is 14.0 Å². The zero-order valence-electron chi connectivity index (χ0n) is 9.86. The van der Waals surface area contributed by atoms with Crippen molar-refractivity contribution in [3.05, 3.63) is 0 Å². The Morgan fingerprint density at radius 1 is 1.38 bits per heavy atom. The fourth-order valence-electron chi connectivity index (χ4n) is 2.21. The number of carbonyl (C=O) groups excluding carboxylic acids is 1. The van der Waals surface area contributed by atoms with Gasteiger partial charge in [0.05, 0.1) is 12.0 Å². The molecule has 0 spiro atoms. The molecule has 1 heterocycles. The third-order valence-electron chi connectivity index (χ3n) is 3.26. The van der Waals surface area contributed by atoms with Crippen LogP contribution in [0.3, 0.4) is 0 Å². The lowest BCUT2D eigenvalue weighted by Gasteiger charge is -2.27. The molecule has 1 aliphatic heterocycles. The standard InChI is InChI=1S/C11H19NO4/c1-9(13)12-6-3-4-11(5-7-12,8-16-2)10(14)15/h3-8H2,1-2H3,(H,14,15). The number of aliphatic carboxylic acids is 1. The minimum atomic E-state index is -0.820. The van der Waals surface area contributed by atoms with Crippen LogP contribution in [0.5, 0.6) is 0 Å². The molecular formula is C11H19NO4. The smallest absolute Gasteiger partial charge is 0.312 e. The van der Waals surface area contributed by atoms with Gasteiger partial charge in [0, 0.05) is 27.1 Å². The summed E-state index contributed by atoms with van der Waals surface area (Å²) in [6.45, 7) is 2.89. The third kappa shape index (κ3) is 2.72. The zero-order valence-corrected chi connectivity index (χ0v) is 9.86. The lowest BCUT2D eigenvalue weighted by molar-refractivity contribution is -0.153. The number of rotatable bonds is 3. The topological polar surface area (TPSA) is 66.8 Å². The van der Waals surface area contributed by atoms with E-state index in [1.807, 2.05) is 0 Å². The van der Waals surface area contributed by atoms with Crippen LogP contribution in [0.25, 0.3) is 0 Å². The number of hydrogen-bond acceptors (Lipinski definition) is 3. The fraction of sp³-hybridized carbons (Fsp3) is 0.818. The third-order valence-corrected chi connectivity index (χ3v) is 3.26. The highest BCUT2D eigenvalue weighted by Gasteiger charge is 2.40. The molecule has 0 aromatic carbocycles. The van der Waals surface area contributed by atoms with Crippen molar-refractivity contribution >= 4 is 11.9 Å². The monoisotopic (exact) mass is 229 g/mol. The van der Waals surface area contributed by atoms with Crippen molar-refractivity contribution in [2.45, 2.75) is 26.2 Å². The van der Waals surface area contributed by atoms with Gasteiger partial charge in [-0.05, 0) is 19.3 Å². The molecule has 1 aliphatic rings. The summed E-state index contributed by atoms with van der Waals surface area (Å²) >= 11 is 0. The lowest BCUT2D eigenvalue weighted by Crippen LogP contribution is -2.37. The number of carboxylic acid groups (broad SMARTS) is 1. The number of nitrogens with zero attached hydrogens (tertiary/aromatic N) is 1. The summed E-state index contributed by atoms with van der Waals surface area (Å²) in [4.78, 5) is 24.3. The second-order valence-electron chi connectivity index (χ2n) is 4.38. The maximum Gasteiger partial charge on any atom is 0.312 e. The van der Waals surface area contributed by atoms with Crippen LogP contribution < -0.4 is 0 Å². The Labute approximate surface area is 95.4 Å². The first kappa shape index (κ1) is 13.0. The van der Waals surface area contributed by atoms with Gasteiger partial charge in [-0.3, -0.25) is 9.59 Å². The van der Waals surface area contributed by atoms with Crippen LogP contribution in [0.1, 0.15) is 26.2 Å². The predicted octanol–water partition coefficient (Wildman–Crippen LogP) is 0.736. The molecule has 5 nitrogen and oxygen atoms in total. The average molecular weight is 229 g/mol. The van der Waals surface area contributed by atoms with E-state index in [1.54, 1.807) is 4.90 Å². The number of methoxy groups -OCH3 is 1. The fourth-order valence-corrected chi connectivity index (χ4v) is 2.21. The Morgan fingerprint density at radius 2 is 2.06 bits per heavy atom. The minimum Gasteiger partial charge on any atom is -0.481 e. The van der Waals surface area contributed by atoms with Crippen molar-refractivity contribution in [1.29, 1.82) is 0 Å². The second kappa shape index (κ2) is 5.30. The van der Waals surface area contributed by atoms with Gasteiger partial charge in [-0.15, -0.1) is 0 Å². The first-order valence-corrected chi connectivity index (χ1v) is 5.50. The molecule has 92 valence electrons. The number of carbonyl (C=O) groups is 2. The van der Waals surface area contributed by atoms with Gasteiger partial charge in [0.2, 0.25) is 5.91 Å². The van der Waals surface area contributed by atoms with Crippen LogP contribution in [-0.4, -0.2) is 48.7 Å². The van der Waals surface area contributed by atoms with Gasteiger partial charge in [-0.1, -0.05) is 0 Å². The first-order chi connectivity index (χ1) is 7.52. The molecule has 0 aromatic rings. The van der Waals surface area contributed by atoms with Crippen LogP contribution in [0.15, 0.2) is 0 Å². The summed E-state index contributed by atoms with van der Waals surface area (Å²) in [7, 11) is 1.51. The minimum absolute atomic E-state index is 0.0126. The molecule has 1 unspecified atom stereocenters. The number of ether oxygens (including phenoxy) is 1. The van der Waals surface area contributed by atoms with E-state index in [0.29, 0.717) is 25.9 Å². The van der Waals surface area contributed by atoms with Crippen molar-refractivity contribution in [2.24, 2.45) is 5.41 Å². The van der Waals surface area contributed by atoms with Gasteiger partial charge in [-0.25, -0.2) is 0 Å². The molecule has 1 rings (SSSR count). The van der Waals surface area contributed by atoms with Crippen LogP contribution >= 0.6 is 0 Å². The van der Waals surface area contributed by atoms with E-state index in [4.69, 9.17) is 4.74 Å². The summed E-state index contributed by atoms with van der Waals surface area (Å²) in [5, 5.41) is 9.29.